The van der Waals surface area contributed by atoms with Crippen molar-refractivity contribution < 1.29 is 8.83 Å². The van der Waals surface area contributed by atoms with Crippen molar-refractivity contribution in [3.05, 3.63) is 348 Å². The third-order valence-electron chi connectivity index (χ3n) is 23.7. The summed E-state index contributed by atoms with van der Waals surface area (Å²) in [6.45, 7) is 18.2. The zero-order valence-corrected chi connectivity index (χ0v) is 62.4. The average molecular weight is 1420 g/mol. The summed E-state index contributed by atoms with van der Waals surface area (Å²) in [4.78, 5) is 20.6. The molecule has 0 spiro atoms. The van der Waals surface area contributed by atoms with Crippen molar-refractivity contribution in [3.8, 4) is 101 Å². The number of aromatic nitrogens is 6. The van der Waals surface area contributed by atoms with Crippen LogP contribution in [-0.4, -0.2) is 29.1 Å². The average Bonchev–Trinajstić information content (AvgIpc) is 1.54. The molecule has 0 amide bonds. The summed E-state index contributed by atoms with van der Waals surface area (Å²) < 4.78 is 17.7. The molecule has 2 aliphatic carbocycles. The molecule has 6 heterocycles. The lowest BCUT2D eigenvalue weighted by atomic mass is 9.82. The molecule has 0 fully saturated rings. The molecule has 2 aliphatic rings. The number of hydrogen-bond acceptors (Lipinski definition) is 6. The lowest BCUT2D eigenvalue weighted by molar-refractivity contribution is 0.647. The molecule has 0 unspecified atom stereocenters. The van der Waals surface area contributed by atoms with E-state index in [-0.39, 0.29) is 10.8 Å². The fourth-order valence-corrected chi connectivity index (χ4v) is 18.1. The first-order chi connectivity index (χ1) is 53.7. The van der Waals surface area contributed by atoms with E-state index in [4.69, 9.17) is 28.8 Å². The van der Waals surface area contributed by atoms with E-state index in [1.54, 1.807) is 0 Å². The maximum Gasteiger partial charge on any atom is 0.160 e. The minimum Gasteiger partial charge on any atom is -0.456 e. The molecule has 524 valence electrons. The second-order valence-corrected chi connectivity index (χ2v) is 31.1. The van der Waals surface area contributed by atoms with Crippen LogP contribution in [0.1, 0.15) is 72.2 Å². The van der Waals surface area contributed by atoms with Gasteiger partial charge in [0.25, 0.3) is 0 Å². The Morgan fingerprint density at radius 1 is 0.236 bits per heavy atom. The Morgan fingerprint density at radius 3 is 1.02 bits per heavy atom. The van der Waals surface area contributed by atoms with E-state index in [2.05, 4.69) is 319 Å². The SMILES string of the molecule is Cc1cc(-n2c3ccccc3c3cc4c(cc32)C(C)(C)c2cc3oc5ccccc5c3cc2-4)c(C)cc1-c1cc(-c2ccccc2)nc(-c2ccccc2)n1.Cc1cc(-n2c3ccccc3c3cc4c(cc32)C(C)(C)c2cc3oc5ccccc5c3cc2-4)c(C)cc1-c1nc(-c2ccccc2)cc(-c2ccccc2)n1. The molecule has 0 saturated heterocycles. The quantitative estimate of drug-likeness (QED) is 0.151. The van der Waals surface area contributed by atoms with Crippen molar-refractivity contribution in [1.82, 2.24) is 29.1 Å². The first-order valence-electron chi connectivity index (χ1n) is 38.0. The molecule has 0 radical (unpaired) electrons. The van der Waals surface area contributed by atoms with Gasteiger partial charge in [-0.3, -0.25) is 0 Å². The Kier molecular flexibility index (Phi) is 14.4. The number of fused-ring (bicyclic) bond motifs is 18. The van der Waals surface area contributed by atoms with Crippen molar-refractivity contribution in [1.29, 1.82) is 0 Å². The summed E-state index contributed by atoms with van der Waals surface area (Å²) in [5.74, 6) is 1.45. The number of nitrogens with zero attached hydrogens (tertiary/aromatic N) is 6. The molecular formula is C102H74N6O2. The van der Waals surface area contributed by atoms with Crippen molar-refractivity contribution >= 4 is 87.5 Å². The molecule has 8 heteroatoms. The molecule has 20 aromatic rings. The minimum atomic E-state index is -0.209. The fourth-order valence-electron chi connectivity index (χ4n) is 18.1. The van der Waals surface area contributed by atoms with Crippen LogP contribution < -0.4 is 0 Å². The predicted molar refractivity (Wildman–Crippen MR) is 454 cm³/mol. The highest BCUT2D eigenvalue weighted by atomic mass is 16.3. The molecule has 22 rings (SSSR count). The van der Waals surface area contributed by atoms with Crippen LogP contribution in [0.15, 0.2) is 312 Å². The van der Waals surface area contributed by atoms with E-state index in [9.17, 15) is 0 Å². The minimum absolute atomic E-state index is 0.206. The van der Waals surface area contributed by atoms with Gasteiger partial charge in [-0.1, -0.05) is 222 Å². The van der Waals surface area contributed by atoms with Crippen molar-refractivity contribution in [3.63, 3.8) is 0 Å². The second kappa shape index (κ2) is 24.5. The zero-order valence-electron chi connectivity index (χ0n) is 62.4. The lowest BCUT2D eigenvalue weighted by Crippen LogP contribution is -2.15. The molecular weight excluding hydrogens is 1340 g/mol. The van der Waals surface area contributed by atoms with Crippen molar-refractivity contribution in [2.75, 3.05) is 0 Å². The van der Waals surface area contributed by atoms with E-state index in [1.165, 1.54) is 110 Å². The van der Waals surface area contributed by atoms with Crippen LogP contribution in [-0.2, 0) is 10.8 Å². The number of aryl methyl sites for hydroxylation is 4. The van der Waals surface area contributed by atoms with Gasteiger partial charge in [0, 0.05) is 98.7 Å². The van der Waals surface area contributed by atoms with Crippen molar-refractivity contribution in [2.45, 2.75) is 66.2 Å². The molecule has 0 aliphatic heterocycles. The maximum atomic E-state index is 6.38. The van der Waals surface area contributed by atoms with Gasteiger partial charge in [0.05, 0.1) is 44.8 Å². The maximum absolute atomic E-state index is 6.38. The number of furan rings is 2. The number of para-hydroxylation sites is 4. The first kappa shape index (κ1) is 64.8. The topological polar surface area (TPSA) is 87.7 Å². The smallest absolute Gasteiger partial charge is 0.160 e. The van der Waals surface area contributed by atoms with Crippen LogP contribution in [0.2, 0.25) is 0 Å². The highest BCUT2D eigenvalue weighted by molar-refractivity contribution is 6.15. The van der Waals surface area contributed by atoms with Crippen LogP contribution in [0.3, 0.4) is 0 Å². The predicted octanol–water partition coefficient (Wildman–Crippen LogP) is 26.8. The number of benzene rings is 14. The Morgan fingerprint density at radius 2 is 0.573 bits per heavy atom. The molecule has 0 atom stereocenters. The summed E-state index contributed by atoms with van der Waals surface area (Å²) in [5.41, 5.74) is 35.6. The van der Waals surface area contributed by atoms with Gasteiger partial charge in [0.2, 0.25) is 0 Å². The highest BCUT2D eigenvalue weighted by Crippen LogP contribution is 2.56. The summed E-state index contributed by atoms with van der Waals surface area (Å²) in [6.07, 6.45) is 0. The third kappa shape index (κ3) is 10.0. The molecule has 14 aromatic carbocycles. The van der Waals surface area contributed by atoms with Crippen LogP contribution >= 0.6 is 0 Å². The Balaban J connectivity index is 0.000000140. The standard InChI is InChI=1S/2C51H37N3O/c1-30-24-46(31(2)23-36(30)44-29-43(32-15-7-5-8-16-32)52-50(53-44)33-17-9-6-10-18-33)54-45-21-13-11-19-34(45)39-25-37-38-26-40-35-20-12-14-22-48(35)55-49(40)28-42(38)51(3,4)41(37)27-47(39)54;1-30-24-46(31(2)23-36(30)50-52-43(32-15-7-5-8-16-32)29-44(53-50)33-17-9-6-10-18-33)54-45-21-13-11-19-34(45)39-25-37-38-26-40-35-20-12-14-22-48(35)55-49(40)28-42(38)51(3,4)41(37)27-47(39)54/h2*5-29H,1-4H3. The van der Waals surface area contributed by atoms with Gasteiger partial charge in [-0.15, -0.1) is 0 Å². The Hall–Kier alpha value is -13.6. The first-order valence-corrected chi connectivity index (χ1v) is 38.0. The lowest BCUT2D eigenvalue weighted by Gasteiger charge is -2.22. The van der Waals surface area contributed by atoms with Crippen LogP contribution in [0, 0.1) is 27.7 Å². The van der Waals surface area contributed by atoms with E-state index in [0.29, 0.717) is 0 Å². The zero-order chi connectivity index (χ0) is 74.0. The van der Waals surface area contributed by atoms with Gasteiger partial charge in [0.15, 0.2) is 11.6 Å². The summed E-state index contributed by atoms with van der Waals surface area (Å²) >= 11 is 0. The number of hydrogen-bond donors (Lipinski definition) is 0. The fraction of sp³-hybridized carbons (Fsp3) is 0.0980. The third-order valence-corrected chi connectivity index (χ3v) is 23.7. The highest BCUT2D eigenvalue weighted by Gasteiger charge is 2.40. The Labute approximate surface area is 636 Å². The van der Waals surface area contributed by atoms with Gasteiger partial charge in [-0.25, -0.2) is 19.9 Å². The summed E-state index contributed by atoms with van der Waals surface area (Å²) in [7, 11) is 0. The molecule has 6 aromatic heterocycles. The van der Waals surface area contributed by atoms with E-state index < -0.39 is 0 Å². The summed E-state index contributed by atoms with van der Waals surface area (Å²) in [6, 6.07) is 108. The second-order valence-electron chi connectivity index (χ2n) is 31.1. The largest absolute Gasteiger partial charge is 0.456 e. The van der Waals surface area contributed by atoms with E-state index in [1.807, 2.05) is 48.5 Å². The molecule has 0 bridgehead atoms. The van der Waals surface area contributed by atoms with E-state index in [0.717, 1.165) is 123 Å². The van der Waals surface area contributed by atoms with Crippen LogP contribution in [0.5, 0.6) is 0 Å². The molecule has 8 nitrogen and oxygen atoms in total. The van der Waals surface area contributed by atoms with Crippen molar-refractivity contribution in [2.24, 2.45) is 0 Å². The van der Waals surface area contributed by atoms with Gasteiger partial charge in [-0.2, -0.15) is 0 Å². The number of rotatable bonds is 8. The van der Waals surface area contributed by atoms with Crippen LogP contribution in [0.25, 0.3) is 189 Å². The Bertz CT molecular complexity index is 6690. The van der Waals surface area contributed by atoms with Gasteiger partial charge in [0.1, 0.15) is 22.3 Å². The van der Waals surface area contributed by atoms with Gasteiger partial charge in [-0.05, 0) is 204 Å². The van der Waals surface area contributed by atoms with Gasteiger partial charge < -0.3 is 18.0 Å². The normalized spacial score (nSPS) is 13.2. The van der Waals surface area contributed by atoms with Crippen LogP contribution in [0.4, 0.5) is 0 Å². The van der Waals surface area contributed by atoms with E-state index >= 15 is 0 Å². The van der Waals surface area contributed by atoms with Gasteiger partial charge >= 0.3 is 0 Å². The molecule has 0 N–H and O–H groups in total. The monoisotopic (exact) mass is 1410 g/mol. The molecule has 110 heavy (non-hydrogen) atoms. The molecule has 0 saturated carbocycles. The summed E-state index contributed by atoms with van der Waals surface area (Å²) in [5, 5.41) is 9.66.